The number of anilines is 1. The average Bonchev–Trinajstić information content (AvgIpc) is 2.97. The van der Waals surface area contributed by atoms with Crippen molar-refractivity contribution < 1.29 is 4.52 Å². The molecule has 0 unspecified atom stereocenters. The van der Waals surface area contributed by atoms with Crippen LogP contribution < -0.4 is 5.32 Å². The zero-order valence-electron chi connectivity index (χ0n) is 8.25. The fourth-order valence-corrected chi connectivity index (χ4v) is 2.17. The Morgan fingerprint density at radius 1 is 1.31 bits per heavy atom. The summed E-state index contributed by atoms with van der Waals surface area (Å²) in [7, 11) is 0. The predicted octanol–water partition coefficient (Wildman–Crippen LogP) is 2.29. The summed E-state index contributed by atoms with van der Waals surface area (Å²) in [6, 6.07) is 3.82. The number of hydrogen-bond donors (Lipinski definition) is 1. The molecule has 0 aliphatic carbocycles. The quantitative estimate of drug-likeness (QED) is 0.750. The molecule has 3 heterocycles. The van der Waals surface area contributed by atoms with E-state index in [-0.39, 0.29) is 0 Å². The fourth-order valence-electron chi connectivity index (χ4n) is 1.43. The average molecular weight is 232 g/mol. The molecule has 0 saturated heterocycles. The van der Waals surface area contributed by atoms with Crippen molar-refractivity contribution in [3.63, 3.8) is 0 Å². The first-order valence-electron chi connectivity index (χ1n) is 4.75. The van der Waals surface area contributed by atoms with Crippen molar-refractivity contribution >= 4 is 27.4 Å². The molecule has 5 nitrogen and oxygen atoms in total. The maximum absolute atomic E-state index is 4.75. The van der Waals surface area contributed by atoms with Gasteiger partial charge in [-0.05, 0) is 11.4 Å². The highest BCUT2D eigenvalue weighted by atomic mass is 32.1. The Hall–Kier alpha value is -1.95. The second-order valence-corrected chi connectivity index (χ2v) is 4.10. The van der Waals surface area contributed by atoms with Crippen LogP contribution in [0.15, 0.2) is 34.6 Å². The van der Waals surface area contributed by atoms with Gasteiger partial charge in [-0.2, -0.15) is 0 Å². The molecule has 0 aromatic carbocycles. The first-order valence-corrected chi connectivity index (χ1v) is 5.63. The van der Waals surface area contributed by atoms with Crippen molar-refractivity contribution in [3.05, 3.63) is 35.8 Å². The van der Waals surface area contributed by atoms with Crippen molar-refractivity contribution in [2.24, 2.45) is 0 Å². The highest BCUT2D eigenvalue weighted by molar-refractivity contribution is 7.16. The van der Waals surface area contributed by atoms with Crippen molar-refractivity contribution in [2.75, 3.05) is 5.32 Å². The molecule has 3 rings (SSSR count). The van der Waals surface area contributed by atoms with Gasteiger partial charge in [0.15, 0.2) is 0 Å². The van der Waals surface area contributed by atoms with Gasteiger partial charge in [-0.1, -0.05) is 5.16 Å². The number of rotatable bonds is 3. The number of nitrogens with one attached hydrogen (secondary N) is 1. The molecule has 80 valence electrons. The lowest BCUT2D eigenvalue weighted by atomic mass is 10.3. The molecule has 0 amide bonds. The Labute approximate surface area is 95.1 Å². The van der Waals surface area contributed by atoms with Gasteiger partial charge in [0.25, 0.3) is 0 Å². The van der Waals surface area contributed by atoms with Crippen LogP contribution in [0.3, 0.4) is 0 Å². The number of fused-ring (bicyclic) bond motifs is 1. The summed E-state index contributed by atoms with van der Waals surface area (Å²) in [6.45, 7) is 0.596. The van der Waals surface area contributed by atoms with Crippen molar-refractivity contribution in [1.82, 2.24) is 15.1 Å². The minimum Gasteiger partial charge on any atom is -0.364 e. The third-order valence-electron chi connectivity index (χ3n) is 2.19. The molecular formula is C10H8N4OS. The summed E-state index contributed by atoms with van der Waals surface area (Å²) in [4.78, 5) is 9.37. The third-order valence-corrected chi connectivity index (χ3v) is 3.01. The Morgan fingerprint density at radius 2 is 2.31 bits per heavy atom. The van der Waals surface area contributed by atoms with Gasteiger partial charge >= 0.3 is 0 Å². The number of thiophene rings is 1. The van der Waals surface area contributed by atoms with E-state index in [1.54, 1.807) is 23.9 Å². The Kier molecular flexibility index (Phi) is 2.26. The van der Waals surface area contributed by atoms with E-state index in [9.17, 15) is 0 Å². The van der Waals surface area contributed by atoms with Crippen LogP contribution in [0, 0.1) is 0 Å². The molecular weight excluding hydrogens is 224 g/mol. The van der Waals surface area contributed by atoms with Gasteiger partial charge < -0.3 is 9.84 Å². The molecule has 3 aromatic rings. The van der Waals surface area contributed by atoms with Gasteiger partial charge in [-0.15, -0.1) is 11.3 Å². The van der Waals surface area contributed by atoms with Crippen molar-refractivity contribution in [2.45, 2.75) is 6.54 Å². The Balaban J connectivity index is 1.86. The first-order chi connectivity index (χ1) is 7.93. The lowest BCUT2D eigenvalue weighted by molar-refractivity contribution is 0.412. The fraction of sp³-hybridized carbons (Fsp3) is 0.100. The third kappa shape index (κ3) is 1.63. The highest BCUT2D eigenvalue weighted by Crippen LogP contribution is 2.23. The molecule has 0 fully saturated rings. The molecule has 0 atom stereocenters. The topological polar surface area (TPSA) is 63.8 Å². The molecule has 0 spiro atoms. The van der Waals surface area contributed by atoms with E-state index in [1.807, 2.05) is 17.5 Å². The minimum atomic E-state index is 0.596. The monoisotopic (exact) mass is 232 g/mol. The summed E-state index contributed by atoms with van der Waals surface area (Å²) in [5.74, 6) is 0.828. The molecule has 6 heteroatoms. The van der Waals surface area contributed by atoms with Crippen molar-refractivity contribution in [3.8, 4) is 0 Å². The SMILES string of the molecule is c1nc(NCc2ccon2)c2ccsc2n1. The van der Waals surface area contributed by atoms with Crippen LogP contribution in [0.2, 0.25) is 0 Å². The maximum atomic E-state index is 4.75. The highest BCUT2D eigenvalue weighted by Gasteiger charge is 2.04. The zero-order valence-corrected chi connectivity index (χ0v) is 9.07. The Morgan fingerprint density at radius 3 is 3.19 bits per heavy atom. The van der Waals surface area contributed by atoms with E-state index >= 15 is 0 Å². The van der Waals surface area contributed by atoms with Crippen molar-refractivity contribution in [1.29, 1.82) is 0 Å². The molecule has 0 aliphatic rings. The largest absolute Gasteiger partial charge is 0.364 e. The normalized spacial score (nSPS) is 10.8. The maximum Gasteiger partial charge on any atom is 0.138 e. The van der Waals surface area contributed by atoms with E-state index in [4.69, 9.17) is 4.52 Å². The van der Waals surface area contributed by atoms with Crippen LogP contribution in [-0.4, -0.2) is 15.1 Å². The minimum absolute atomic E-state index is 0.596. The van der Waals surface area contributed by atoms with E-state index in [0.717, 1.165) is 21.7 Å². The molecule has 1 N–H and O–H groups in total. The van der Waals surface area contributed by atoms with Crippen LogP contribution in [0.4, 0.5) is 5.82 Å². The van der Waals surface area contributed by atoms with Gasteiger partial charge in [0, 0.05) is 6.07 Å². The van der Waals surface area contributed by atoms with Gasteiger partial charge in [0.05, 0.1) is 11.9 Å². The summed E-state index contributed by atoms with van der Waals surface area (Å²) in [5.41, 5.74) is 0.849. The van der Waals surface area contributed by atoms with Gasteiger partial charge in [-0.3, -0.25) is 0 Å². The van der Waals surface area contributed by atoms with E-state index in [2.05, 4.69) is 20.4 Å². The second-order valence-electron chi connectivity index (χ2n) is 3.21. The summed E-state index contributed by atoms with van der Waals surface area (Å²) in [6.07, 6.45) is 3.11. The molecule has 0 saturated carbocycles. The van der Waals surface area contributed by atoms with Gasteiger partial charge in [0.1, 0.15) is 28.9 Å². The second kappa shape index (κ2) is 3.90. The van der Waals surface area contributed by atoms with E-state index in [0.29, 0.717) is 6.54 Å². The van der Waals surface area contributed by atoms with Gasteiger partial charge in [-0.25, -0.2) is 9.97 Å². The predicted molar refractivity (Wildman–Crippen MR) is 61.2 cm³/mol. The zero-order chi connectivity index (χ0) is 10.8. The van der Waals surface area contributed by atoms with E-state index < -0.39 is 0 Å². The summed E-state index contributed by atoms with van der Waals surface area (Å²) < 4.78 is 4.75. The van der Waals surface area contributed by atoms with E-state index in [1.165, 1.54) is 0 Å². The summed E-state index contributed by atoms with van der Waals surface area (Å²) >= 11 is 1.60. The molecule has 3 aromatic heterocycles. The van der Waals surface area contributed by atoms with Crippen LogP contribution in [0.1, 0.15) is 5.69 Å². The molecule has 0 aliphatic heterocycles. The van der Waals surface area contributed by atoms with Crippen LogP contribution >= 0.6 is 11.3 Å². The Bertz CT molecular complexity index is 590. The number of nitrogens with zero attached hydrogens (tertiary/aromatic N) is 3. The molecule has 0 radical (unpaired) electrons. The van der Waals surface area contributed by atoms with Gasteiger partial charge in [0.2, 0.25) is 0 Å². The standard InChI is InChI=1S/C10H8N4OS/c1-3-15-14-7(1)5-11-9-8-2-4-16-10(8)13-6-12-9/h1-4,6H,5H2,(H,11,12,13). The molecule has 0 bridgehead atoms. The lowest BCUT2D eigenvalue weighted by Crippen LogP contribution is -2.01. The smallest absolute Gasteiger partial charge is 0.138 e. The van der Waals surface area contributed by atoms with Crippen LogP contribution in [0.5, 0.6) is 0 Å². The molecule has 16 heavy (non-hydrogen) atoms. The summed E-state index contributed by atoms with van der Waals surface area (Å²) in [5, 5.41) is 10.1. The number of hydrogen-bond acceptors (Lipinski definition) is 6. The van der Waals surface area contributed by atoms with Crippen LogP contribution in [-0.2, 0) is 6.54 Å². The van der Waals surface area contributed by atoms with Crippen LogP contribution in [0.25, 0.3) is 10.2 Å². The lowest BCUT2D eigenvalue weighted by Gasteiger charge is -2.03. The first kappa shape index (κ1) is 9.29. The number of aromatic nitrogens is 3.